The lowest BCUT2D eigenvalue weighted by molar-refractivity contribution is -0.105. The van der Waals surface area contributed by atoms with Crippen molar-refractivity contribution in [1.82, 2.24) is 4.90 Å². The molecule has 0 unspecified atom stereocenters. The van der Waals surface area contributed by atoms with Crippen LogP contribution < -0.4 is 10.2 Å². The maximum absolute atomic E-state index is 11.0. The van der Waals surface area contributed by atoms with Crippen molar-refractivity contribution >= 4 is 17.8 Å². The number of hydrogen-bond acceptors (Lipinski definition) is 4. The normalized spacial score (nSPS) is 29.1. The third-order valence-corrected chi connectivity index (χ3v) is 7.36. The van der Waals surface area contributed by atoms with Gasteiger partial charge < -0.3 is 19.9 Å². The van der Waals surface area contributed by atoms with Gasteiger partial charge in [-0.3, -0.25) is 4.79 Å². The molecule has 2 heterocycles. The lowest BCUT2D eigenvalue weighted by Gasteiger charge is -2.45. The van der Waals surface area contributed by atoms with Crippen LogP contribution in [0.4, 0.5) is 11.4 Å². The minimum absolute atomic E-state index is 0.238. The molecule has 2 saturated heterocycles. The Morgan fingerprint density at radius 3 is 2.57 bits per heavy atom. The number of aryl methyl sites for hydroxylation is 1. The number of anilines is 2. The summed E-state index contributed by atoms with van der Waals surface area (Å²) < 4.78 is 6.10. The molecule has 1 aromatic carbocycles. The number of hydrogen-bond donors (Lipinski definition) is 1. The number of likely N-dealkylation sites (tertiary alicyclic amines) is 1. The van der Waals surface area contributed by atoms with Gasteiger partial charge in [0.05, 0.1) is 17.0 Å². The number of benzene rings is 1. The maximum Gasteiger partial charge on any atom is 0.211 e. The SMILES string of the molecule is Cc1ccc(NC=O)c(N(C)C2CCN(C3CCC4(CCCO4)CC3)CC2)c1. The van der Waals surface area contributed by atoms with Crippen molar-refractivity contribution in [1.29, 1.82) is 0 Å². The van der Waals surface area contributed by atoms with Gasteiger partial charge in [0.25, 0.3) is 0 Å². The smallest absolute Gasteiger partial charge is 0.211 e. The number of amides is 1. The topological polar surface area (TPSA) is 44.8 Å². The van der Waals surface area contributed by atoms with Crippen LogP contribution in [0.1, 0.15) is 56.9 Å². The molecular formula is C23H35N3O2. The number of rotatable bonds is 5. The fourth-order valence-electron chi connectivity index (χ4n) is 5.60. The second-order valence-corrected chi connectivity index (χ2v) is 9.03. The molecule has 28 heavy (non-hydrogen) atoms. The molecule has 0 bridgehead atoms. The van der Waals surface area contributed by atoms with Gasteiger partial charge in [-0.05, 0) is 76.0 Å². The van der Waals surface area contributed by atoms with E-state index >= 15 is 0 Å². The largest absolute Gasteiger partial charge is 0.375 e. The van der Waals surface area contributed by atoms with E-state index in [0.29, 0.717) is 6.04 Å². The Labute approximate surface area is 169 Å². The minimum Gasteiger partial charge on any atom is -0.375 e. The maximum atomic E-state index is 11.0. The van der Waals surface area contributed by atoms with Gasteiger partial charge in [-0.15, -0.1) is 0 Å². The van der Waals surface area contributed by atoms with Crippen molar-refractivity contribution in [3.63, 3.8) is 0 Å². The van der Waals surface area contributed by atoms with Crippen LogP contribution >= 0.6 is 0 Å². The molecule has 3 fully saturated rings. The van der Waals surface area contributed by atoms with Crippen molar-refractivity contribution in [2.45, 2.75) is 76.0 Å². The predicted octanol–water partition coefficient (Wildman–Crippen LogP) is 3.96. The van der Waals surface area contributed by atoms with Gasteiger partial charge in [0, 0.05) is 38.8 Å². The molecule has 1 spiro atoms. The highest BCUT2D eigenvalue weighted by molar-refractivity contribution is 5.81. The molecule has 1 amide bonds. The zero-order valence-electron chi connectivity index (χ0n) is 17.5. The van der Waals surface area contributed by atoms with Crippen LogP contribution in [0.3, 0.4) is 0 Å². The van der Waals surface area contributed by atoms with Crippen molar-refractivity contribution in [2.24, 2.45) is 0 Å². The van der Waals surface area contributed by atoms with E-state index in [0.717, 1.165) is 30.4 Å². The van der Waals surface area contributed by atoms with Crippen LogP contribution in [0.5, 0.6) is 0 Å². The molecule has 4 rings (SSSR count). The van der Waals surface area contributed by atoms with Gasteiger partial charge in [0.1, 0.15) is 0 Å². The van der Waals surface area contributed by atoms with Crippen molar-refractivity contribution in [2.75, 3.05) is 37.0 Å². The molecule has 0 atom stereocenters. The molecule has 5 heteroatoms. The van der Waals surface area contributed by atoms with Gasteiger partial charge in [-0.25, -0.2) is 0 Å². The summed E-state index contributed by atoms with van der Waals surface area (Å²) in [5.41, 5.74) is 3.49. The quantitative estimate of drug-likeness (QED) is 0.780. The molecule has 154 valence electrons. The van der Waals surface area contributed by atoms with Gasteiger partial charge in [-0.1, -0.05) is 6.07 Å². The third-order valence-electron chi connectivity index (χ3n) is 7.36. The van der Waals surface area contributed by atoms with E-state index in [1.807, 2.05) is 6.07 Å². The Balaban J connectivity index is 1.33. The minimum atomic E-state index is 0.238. The van der Waals surface area contributed by atoms with Crippen LogP contribution in [-0.4, -0.2) is 55.7 Å². The molecule has 1 aromatic rings. The average molecular weight is 386 g/mol. The lowest BCUT2D eigenvalue weighted by Crippen LogP contribution is -2.49. The molecule has 2 aliphatic heterocycles. The molecular weight excluding hydrogens is 350 g/mol. The third kappa shape index (κ3) is 4.06. The van der Waals surface area contributed by atoms with E-state index in [9.17, 15) is 4.79 Å². The predicted molar refractivity (Wildman–Crippen MR) is 114 cm³/mol. The standard InChI is InChI=1S/C23H35N3O2/c1-18-4-5-21(24-17-27)22(16-18)25(2)19-8-13-26(14-9-19)20-6-11-23(12-7-20)10-3-15-28-23/h4-5,16-17,19-20H,3,6-15H2,1-2H3,(H,24,27). The molecule has 5 nitrogen and oxygen atoms in total. The summed E-state index contributed by atoms with van der Waals surface area (Å²) in [4.78, 5) is 16.1. The second kappa shape index (κ2) is 8.42. The van der Waals surface area contributed by atoms with Crippen LogP contribution in [0.25, 0.3) is 0 Å². The highest BCUT2D eigenvalue weighted by Crippen LogP contribution is 2.41. The first-order valence-corrected chi connectivity index (χ1v) is 11.0. The number of nitrogens with one attached hydrogen (secondary N) is 1. The molecule has 1 N–H and O–H groups in total. The van der Waals surface area contributed by atoms with Gasteiger partial charge in [0.15, 0.2) is 0 Å². The molecule has 0 radical (unpaired) electrons. The molecule has 1 aliphatic carbocycles. The van der Waals surface area contributed by atoms with E-state index < -0.39 is 0 Å². The average Bonchev–Trinajstić information content (AvgIpc) is 3.18. The van der Waals surface area contributed by atoms with E-state index in [2.05, 4.69) is 41.2 Å². The van der Waals surface area contributed by atoms with E-state index in [1.165, 1.54) is 70.0 Å². The Morgan fingerprint density at radius 2 is 1.93 bits per heavy atom. The Morgan fingerprint density at radius 1 is 1.18 bits per heavy atom. The summed E-state index contributed by atoms with van der Waals surface area (Å²) in [5, 5.41) is 2.86. The van der Waals surface area contributed by atoms with Gasteiger partial charge in [0.2, 0.25) is 6.41 Å². The number of nitrogens with zero attached hydrogens (tertiary/aromatic N) is 2. The van der Waals surface area contributed by atoms with E-state index in [1.54, 1.807) is 0 Å². The first-order chi connectivity index (χ1) is 13.6. The number of piperidine rings is 1. The van der Waals surface area contributed by atoms with Gasteiger partial charge in [-0.2, -0.15) is 0 Å². The fraction of sp³-hybridized carbons (Fsp3) is 0.696. The Bertz CT molecular complexity index is 668. The summed E-state index contributed by atoms with van der Waals surface area (Å²) in [5.74, 6) is 0. The van der Waals surface area contributed by atoms with Gasteiger partial charge >= 0.3 is 0 Å². The van der Waals surface area contributed by atoms with Crippen LogP contribution in [0.15, 0.2) is 18.2 Å². The second-order valence-electron chi connectivity index (χ2n) is 9.03. The lowest BCUT2D eigenvalue weighted by atomic mass is 9.79. The van der Waals surface area contributed by atoms with Crippen LogP contribution in [-0.2, 0) is 9.53 Å². The summed E-state index contributed by atoms with van der Waals surface area (Å²) in [7, 11) is 2.17. The van der Waals surface area contributed by atoms with E-state index in [-0.39, 0.29) is 5.60 Å². The van der Waals surface area contributed by atoms with Crippen molar-refractivity contribution < 1.29 is 9.53 Å². The fourth-order valence-corrected chi connectivity index (χ4v) is 5.60. The highest BCUT2D eigenvalue weighted by atomic mass is 16.5. The van der Waals surface area contributed by atoms with Crippen molar-refractivity contribution in [3.05, 3.63) is 23.8 Å². The summed E-state index contributed by atoms with van der Waals surface area (Å²) in [6, 6.07) is 7.51. The number of ether oxygens (including phenoxy) is 1. The number of carbonyl (C=O) groups is 1. The summed E-state index contributed by atoms with van der Waals surface area (Å²) in [6.07, 6.45) is 10.8. The zero-order valence-corrected chi connectivity index (χ0v) is 17.5. The molecule has 1 saturated carbocycles. The summed E-state index contributed by atoms with van der Waals surface area (Å²) >= 11 is 0. The number of carbonyl (C=O) groups excluding carboxylic acids is 1. The first-order valence-electron chi connectivity index (χ1n) is 11.0. The zero-order chi connectivity index (χ0) is 19.6. The Kier molecular flexibility index (Phi) is 5.93. The van der Waals surface area contributed by atoms with Crippen LogP contribution in [0.2, 0.25) is 0 Å². The first kappa shape index (κ1) is 19.7. The monoisotopic (exact) mass is 385 g/mol. The van der Waals surface area contributed by atoms with E-state index in [4.69, 9.17) is 4.74 Å². The molecule has 3 aliphatic rings. The van der Waals surface area contributed by atoms with Crippen LogP contribution in [0, 0.1) is 6.92 Å². The Hall–Kier alpha value is -1.59. The highest BCUT2D eigenvalue weighted by Gasteiger charge is 2.40. The summed E-state index contributed by atoms with van der Waals surface area (Å²) in [6.45, 7) is 5.43. The van der Waals surface area contributed by atoms with Crippen molar-refractivity contribution in [3.8, 4) is 0 Å². The molecule has 0 aromatic heterocycles.